The average molecular weight is 434 g/mol. The number of para-hydroxylation sites is 1. The largest absolute Gasteiger partial charge is 0.466 e. The first-order valence-corrected chi connectivity index (χ1v) is 10.0. The van der Waals surface area contributed by atoms with Crippen molar-refractivity contribution in [2.45, 2.75) is 6.92 Å². The van der Waals surface area contributed by atoms with E-state index in [-0.39, 0.29) is 36.9 Å². The number of rotatable bonds is 7. The van der Waals surface area contributed by atoms with Crippen molar-refractivity contribution in [2.24, 2.45) is 0 Å². The maximum Gasteiger partial charge on any atom is 0.337 e. The fourth-order valence-corrected chi connectivity index (χ4v) is 3.50. The number of aliphatic hydroxyl groups excluding tert-OH is 1. The Hall–Kier alpha value is -3.98. The summed E-state index contributed by atoms with van der Waals surface area (Å²) in [5.74, 6) is -0.306. The monoisotopic (exact) mass is 434 g/mol. The van der Waals surface area contributed by atoms with E-state index in [1.54, 1.807) is 24.3 Å². The van der Waals surface area contributed by atoms with Gasteiger partial charge in [0.2, 0.25) is 5.82 Å². The highest BCUT2D eigenvalue weighted by molar-refractivity contribution is 6.09. The molecular formula is C23H22N4O5. The van der Waals surface area contributed by atoms with Crippen molar-refractivity contribution in [1.82, 2.24) is 15.0 Å². The van der Waals surface area contributed by atoms with Crippen LogP contribution >= 0.6 is 0 Å². The van der Waals surface area contributed by atoms with Crippen LogP contribution in [0.15, 0.2) is 64.3 Å². The van der Waals surface area contributed by atoms with Crippen molar-refractivity contribution in [3.63, 3.8) is 0 Å². The Balaban J connectivity index is 1.68. The van der Waals surface area contributed by atoms with Gasteiger partial charge in [0.25, 0.3) is 11.8 Å². The predicted molar refractivity (Wildman–Crippen MR) is 116 cm³/mol. The Morgan fingerprint density at radius 3 is 2.81 bits per heavy atom. The molecule has 0 saturated heterocycles. The highest BCUT2D eigenvalue weighted by atomic mass is 16.5. The second-order valence-corrected chi connectivity index (χ2v) is 7.26. The summed E-state index contributed by atoms with van der Waals surface area (Å²) in [6.45, 7) is 1.92. The number of carbonyl (C=O) groups is 2. The lowest BCUT2D eigenvalue weighted by Crippen LogP contribution is -2.31. The normalized spacial score (nSPS) is 13.6. The first-order valence-electron chi connectivity index (χ1n) is 10.0. The molecule has 9 heteroatoms. The molecule has 2 heterocycles. The zero-order chi connectivity index (χ0) is 22.7. The van der Waals surface area contributed by atoms with Crippen molar-refractivity contribution in [1.29, 1.82) is 0 Å². The van der Waals surface area contributed by atoms with Crippen molar-refractivity contribution >= 4 is 17.6 Å². The fraction of sp³-hybridized carbons (Fsp3) is 0.217. The molecule has 0 aliphatic carbocycles. The number of benzene rings is 2. The number of carbonyl (C=O) groups excluding carboxylic acids is 2. The number of aliphatic hydroxyl groups is 1. The van der Waals surface area contributed by atoms with Gasteiger partial charge in [-0.25, -0.2) is 4.79 Å². The van der Waals surface area contributed by atoms with Crippen LogP contribution in [0.5, 0.6) is 0 Å². The molecule has 0 unspecified atom stereocenters. The highest BCUT2D eigenvalue weighted by Gasteiger charge is 2.35. The van der Waals surface area contributed by atoms with Gasteiger partial charge < -0.3 is 24.6 Å². The third kappa shape index (κ3) is 4.10. The summed E-state index contributed by atoms with van der Waals surface area (Å²) in [6.07, 6.45) is 0. The van der Waals surface area contributed by atoms with Gasteiger partial charge in [-0.1, -0.05) is 41.1 Å². The molecule has 1 aromatic heterocycles. The molecular weight excluding hydrogens is 412 g/mol. The lowest BCUT2D eigenvalue weighted by Gasteiger charge is -2.15. The molecule has 0 radical (unpaired) electrons. The molecule has 4 rings (SSSR count). The van der Waals surface area contributed by atoms with Gasteiger partial charge in [-0.3, -0.25) is 4.79 Å². The maximum atomic E-state index is 12.8. The first-order chi connectivity index (χ1) is 15.5. The summed E-state index contributed by atoms with van der Waals surface area (Å²) >= 11 is 0. The van der Waals surface area contributed by atoms with Crippen LogP contribution in [-0.2, 0) is 14.3 Å². The van der Waals surface area contributed by atoms with Crippen LogP contribution in [0.25, 0.3) is 22.8 Å². The number of ether oxygens (including phenoxy) is 1. The second-order valence-electron chi connectivity index (χ2n) is 7.26. The Morgan fingerprint density at radius 1 is 1.25 bits per heavy atom. The number of methoxy groups -OCH3 is 1. The molecule has 2 aromatic carbocycles. The molecule has 1 aliphatic heterocycles. The minimum absolute atomic E-state index is 0.0502. The SMILES string of the molecule is COC(=O)C1=C(Nc2ccccc2-c2nc(-c3cccc(C)c3)no2)C(=O)N(CCO)C1. The van der Waals surface area contributed by atoms with E-state index in [0.29, 0.717) is 17.1 Å². The van der Waals surface area contributed by atoms with Crippen molar-refractivity contribution in [3.8, 4) is 22.8 Å². The van der Waals surface area contributed by atoms with Crippen molar-refractivity contribution < 1.29 is 24.0 Å². The molecule has 1 amide bonds. The molecule has 0 fully saturated rings. The second kappa shape index (κ2) is 9.03. The lowest BCUT2D eigenvalue weighted by molar-refractivity contribution is -0.136. The molecule has 0 spiro atoms. The van der Waals surface area contributed by atoms with Gasteiger partial charge in [-0.2, -0.15) is 4.98 Å². The Morgan fingerprint density at radius 2 is 2.06 bits per heavy atom. The molecule has 0 atom stereocenters. The molecule has 3 aromatic rings. The molecule has 0 bridgehead atoms. The zero-order valence-corrected chi connectivity index (χ0v) is 17.7. The van der Waals surface area contributed by atoms with E-state index in [1.807, 2.05) is 31.2 Å². The van der Waals surface area contributed by atoms with Gasteiger partial charge in [0.1, 0.15) is 5.70 Å². The van der Waals surface area contributed by atoms with E-state index >= 15 is 0 Å². The number of nitrogens with zero attached hydrogens (tertiary/aromatic N) is 3. The highest BCUT2D eigenvalue weighted by Crippen LogP contribution is 2.31. The number of hydrogen-bond donors (Lipinski definition) is 2. The van der Waals surface area contributed by atoms with E-state index in [0.717, 1.165) is 11.1 Å². The number of aryl methyl sites for hydroxylation is 1. The van der Waals surface area contributed by atoms with Crippen LogP contribution in [0.3, 0.4) is 0 Å². The standard InChI is InChI=1S/C23H22N4O5/c1-14-6-5-7-15(12-14)20-25-21(32-26-20)16-8-3-4-9-18(16)24-19-17(23(30)31-2)13-27(10-11-28)22(19)29/h3-9,12,24,28H,10-11,13H2,1-2H3. The lowest BCUT2D eigenvalue weighted by atomic mass is 10.1. The third-order valence-corrected chi connectivity index (χ3v) is 5.07. The molecule has 9 nitrogen and oxygen atoms in total. The number of esters is 1. The van der Waals surface area contributed by atoms with Gasteiger partial charge in [-0.15, -0.1) is 0 Å². The first kappa shape index (κ1) is 21.3. The van der Waals surface area contributed by atoms with E-state index in [1.165, 1.54) is 12.0 Å². The number of hydrogen-bond acceptors (Lipinski definition) is 8. The quantitative estimate of drug-likeness (QED) is 0.544. The van der Waals surface area contributed by atoms with Gasteiger partial charge in [-0.05, 0) is 25.1 Å². The van der Waals surface area contributed by atoms with E-state index in [4.69, 9.17) is 9.26 Å². The number of β-amino-alcohol motifs (C(OH)–C–C–N with tert-alkyl or cyclic N) is 1. The van der Waals surface area contributed by atoms with Crippen LogP contribution in [0, 0.1) is 6.92 Å². The minimum atomic E-state index is -0.613. The summed E-state index contributed by atoms with van der Waals surface area (Å²) in [5.41, 5.74) is 3.27. The molecule has 1 aliphatic rings. The topological polar surface area (TPSA) is 118 Å². The van der Waals surface area contributed by atoms with E-state index < -0.39 is 11.9 Å². The van der Waals surface area contributed by atoms with Crippen LogP contribution in [0.1, 0.15) is 5.56 Å². The Kier molecular flexibility index (Phi) is 6.00. The Bertz CT molecular complexity index is 1200. The number of aromatic nitrogens is 2. The number of anilines is 1. The average Bonchev–Trinajstić information content (AvgIpc) is 3.40. The third-order valence-electron chi connectivity index (χ3n) is 5.07. The Labute approximate surface area is 184 Å². The molecule has 32 heavy (non-hydrogen) atoms. The summed E-state index contributed by atoms with van der Waals surface area (Å²) in [5, 5.41) is 16.4. The van der Waals surface area contributed by atoms with Crippen LogP contribution < -0.4 is 5.32 Å². The van der Waals surface area contributed by atoms with Crippen molar-refractivity contribution in [3.05, 3.63) is 65.4 Å². The summed E-state index contributed by atoms with van der Waals surface area (Å²) in [6, 6.07) is 14.9. The fourth-order valence-electron chi connectivity index (χ4n) is 3.50. The molecule has 164 valence electrons. The van der Waals surface area contributed by atoms with Crippen LogP contribution in [-0.4, -0.2) is 58.8 Å². The van der Waals surface area contributed by atoms with Gasteiger partial charge >= 0.3 is 5.97 Å². The van der Waals surface area contributed by atoms with Crippen molar-refractivity contribution in [2.75, 3.05) is 32.1 Å². The minimum Gasteiger partial charge on any atom is -0.466 e. The maximum absolute atomic E-state index is 12.8. The summed E-state index contributed by atoms with van der Waals surface area (Å²) < 4.78 is 10.3. The van der Waals surface area contributed by atoms with Gasteiger partial charge in [0, 0.05) is 12.1 Å². The zero-order valence-electron chi connectivity index (χ0n) is 17.7. The number of nitrogens with one attached hydrogen (secondary N) is 1. The molecule has 0 saturated carbocycles. The summed E-state index contributed by atoms with van der Waals surface area (Å²) in [4.78, 5) is 31.0. The van der Waals surface area contributed by atoms with Crippen LogP contribution in [0.4, 0.5) is 5.69 Å². The van der Waals surface area contributed by atoms with Crippen LogP contribution in [0.2, 0.25) is 0 Å². The van der Waals surface area contributed by atoms with E-state index in [9.17, 15) is 14.7 Å². The van der Waals surface area contributed by atoms with Gasteiger partial charge in [0.05, 0.1) is 37.1 Å². The van der Waals surface area contributed by atoms with Gasteiger partial charge in [0.15, 0.2) is 0 Å². The molecule has 2 N–H and O–H groups in total. The van der Waals surface area contributed by atoms with E-state index in [2.05, 4.69) is 15.5 Å². The number of amides is 1. The predicted octanol–water partition coefficient (Wildman–Crippen LogP) is 2.39. The summed E-state index contributed by atoms with van der Waals surface area (Å²) in [7, 11) is 1.26. The smallest absolute Gasteiger partial charge is 0.337 e.